The predicted molar refractivity (Wildman–Crippen MR) is 229 cm³/mol. The van der Waals surface area contributed by atoms with Crippen LogP contribution < -0.4 is 5.73 Å². The second-order valence-electron chi connectivity index (χ2n) is 13.5. The molecule has 2 atom stereocenters. The topological polar surface area (TPSA) is 134 Å². The minimum absolute atomic E-state index is 0.0384. The summed E-state index contributed by atoms with van der Waals surface area (Å²) in [5.74, 6) is -0.944. The summed E-state index contributed by atoms with van der Waals surface area (Å²) in [6.07, 6.45) is 50.5. The van der Waals surface area contributed by atoms with Gasteiger partial charge in [0.2, 0.25) is 0 Å². The lowest BCUT2D eigenvalue weighted by atomic mass is 10.1. The van der Waals surface area contributed by atoms with Gasteiger partial charge in [0.1, 0.15) is 6.61 Å². The molecule has 0 aliphatic heterocycles. The van der Waals surface area contributed by atoms with Gasteiger partial charge in [0.25, 0.3) is 0 Å². The molecule has 55 heavy (non-hydrogen) atoms. The lowest BCUT2D eigenvalue weighted by molar-refractivity contribution is -0.161. The molecule has 9 nitrogen and oxygen atoms in total. The molecule has 2 unspecified atom stereocenters. The van der Waals surface area contributed by atoms with Gasteiger partial charge in [-0.2, -0.15) is 0 Å². The van der Waals surface area contributed by atoms with E-state index < -0.39 is 32.5 Å². The number of carbonyl (C=O) groups excluding carboxylic acids is 2. The zero-order valence-corrected chi connectivity index (χ0v) is 35.3. The summed E-state index contributed by atoms with van der Waals surface area (Å²) in [5.41, 5.74) is 5.34. The first-order valence-electron chi connectivity index (χ1n) is 21.1. The second-order valence-corrected chi connectivity index (χ2v) is 14.9. The molecule has 0 fully saturated rings. The summed E-state index contributed by atoms with van der Waals surface area (Å²) >= 11 is 0. The van der Waals surface area contributed by atoms with Crippen LogP contribution in [0.5, 0.6) is 0 Å². The van der Waals surface area contributed by atoms with Crippen molar-refractivity contribution >= 4 is 19.8 Å². The van der Waals surface area contributed by atoms with E-state index in [4.69, 9.17) is 24.3 Å². The third-order valence-corrected chi connectivity index (χ3v) is 9.26. The van der Waals surface area contributed by atoms with Gasteiger partial charge in [-0.05, 0) is 77.0 Å². The highest BCUT2D eigenvalue weighted by Crippen LogP contribution is 2.43. The van der Waals surface area contributed by atoms with Crippen molar-refractivity contribution in [3.63, 3.8) is 0 Å². The number of carbonyl (C=O) groups is 2. The predicted octanol–water partition coefficient (Wildman–Crippen LogP) is 12.0. The molecular weight excluding hydrogens is 713 g/mol. The molecule has 0 amide bonds. The molecule has 0 heterocycles. The monoisotopic (exact) mass is 790 g/mol. The number of unbranched alkanes of at least 4 members (excludes halogenated alkanes) is 11. The fraction of sp³-hybridized carbons (Fsp3) is 0.644. The van der Waals surface area contributed by atoms with Crippen LogP contribution in [-0.4, -0.2) is 49.3 Å². The number of rotatable bonds is 38. The van der Waals surface area contributed by atoms with Crippen molar-refractivity contribution < 1.29 is 37.6 Å². The number of phosphoric ester groups is 1. The van der Waals surface area contributed by atoms with Crippen molar-refractivity contribution in [2.75, 3.05) is 26.4 Å². The maximum Gasteiger partial charge on any atom is 0.472 e. The van der Waals surface area contributed by atoms with E-state index in [0.717, 1.165) is 70.6 Å². The Morgan fingerprint density at radius 2 is 1.04 bits per heavy atom. The van der Waals surface area contributed by atoms with Crippen molar-refractivity contribution in [1.29, 1.82) is 0 Å². The van der Waals surface area contributed by atoms with Crippen molar-refractivity contribution in [1.82, 2.24) is 0 Å². The summed E-state index contributed by atoms with van der Waals surface area (Å²) in [5, 5.41) is 0. The van der Waals surface area contributed by atoms with Crippen LogP contribution in [-0.2, 0) is 32.7 Å². The zero-order valence-electron chi connectivity index (χ0n) is 34.4. The Labute approximate surface area is 334 Å². The number of ether oxygens (including phenoxy) is 2. The number of allylic oxidation sites excluding steroid dienone is 14. The van der Waals surface area contributed by atoms with Gasteiger partial charge in [-0.15, -0.1) is 0 Å². The maximum absolute atomic E-state index is 12.6. The summed E-state index contributed by atoms with van der Waals surface area (Å²) in [6.45, 7) is 3.49. The number of phosphoric acid groups is 1. The van der Waals surface area contributed by atoms with E-state index in [2.05, 4.69) is 86.8 Å². The molecule has 314 valence electrons. The largest absolute Gasteiger partial charge is 0.472 e. The first-order chi connectivity index (χ1) is 26.8. The standard InChI is InChI=1S/C45H76NO8P/c1-3-5-7-9-11-13-15-17-19-20-21-22-24-25-27-29-31-33-35-37-44(47)51-41-43(42-53-55(49,50)52-40-39-46)54-45(48)38-36-34-32-30-28-26-23-18-16-14-12-10-8-6-4-2/h5,7,11,13,17-19,21-23,25,27,31,33,43H,3-4,6,8-10,12,14-16,20,24,26,28-30,32,34-42,46H2,1-2H3,(H,49,50). The van der Waals surface area contributed by atoms with Gasteiger partial charge in [0.05, 0.1) is 13.2 Å². The molecule has 0 spiro atoms. The molecule has 0 saturated heterocycles. The summed E-state index contributed by atoms with van der Waals surface area (Å²) in [4.78, 5) is 34.8. The molecule has 0 aromatic rings. The van der Waals surface area contributed by atoms with E-state index in [1.165, 1.54) is 44.9 Å². The number of esters is 2. The Bertz CT molecular complexity index is 1170. The Morgan fingerprint density at radius 3 is 1.56 bits per heavy atom. The highest BCUT2D eigenvalue weighted by molar-refractivity contribution is 7.47. The average molecular weight is 790 g/mol. The molecule has 10 heteroatoms. The third-order valence-electron chi connectivity index (χ3n) is 8.28. The highest BCUT2D eigenvalue weighted by Gasteiger charge is 2.25. The summed E-state index contributed by atoms with van der Waals surface area (Å²) in [7, 11) is -4.40. The van der Waals surface area contributed by atoms with Gasteiger partial charge in [-0.1, -0.05) is 150 Å². The quantitative estimate of drug-likeness (QED) is 0.0271. The van der Waals surface area contributed by atoms with Crippen LogP contribution in [0.4, 0.5) is 0 Å². The Hall–Kier alpha value is -2.81. The first-order valence-corrected chi connectivity index (χ1v) is 22.6. The summed E-state index contributed by atoms with van der Waals surface area (Å²) in [6, 6.07) is 0. The van der Waals surface area contributed by atoms with Crippen LogP contribution in [0.15, 0.2) is 85.1 Å². The Morgan fingerprint density at radius 1 is 0.564 bits per heavy atom. The van der Waals surface area contributed by atoms with Crippen molar-refractivity contribution in [3.8, 4) is 0 Å². The van der Waals surface area contributed by atoms with Gasteiger partial charge >= 0.3 is 19.8 Å². The average Bonchev–Trinajstić information content (AvgIpc) is 3.17. The zero-order chi connectivity index (χ0) is 40.3. The van der Waals surface area contributed by atoms with Crippen molar-refractivity contribution in [2.45, 2.75) is 161 Å². The van der Waals surface area contributed by atoms with E-state index in [1.54, 1.807) is 0 Å². The number of hydrogen-bond donors (Lipinski definition) is 2. The van der Waals surface area contributed by atoms with E-state index in [1.807, 2.05) is 12.2 Å². The lowest BCUT2D eigenvalue weighted by Crippen LogP contribution is -2.29. The second kappa shape index (κ2) is 40.8. The lowest BCUT2D eigenvalue weighted by Gasteiger charge is -2.19. The molecule has 3 N–H and O–H groups in total. The van der Waals surface area contributed by atoms with E-state index in [0.29, 0.717) is 12.8 Å². The molecule has 0 aliphatic rings. The van der Waals surface area contributed by atoms with Crippen LogP contribution in [0.25, 0.3) is 0 Å². The fourth-order valence-corrected chi connectivity index (χ4v) is 5.95. The maximum atomic E-state index is 12.6. The molecule has 0 aliphatic carbocycles. The third kappa shape index (κ3) is 40.7. The van der Waals surface area contributed by atoms with Crippen molar-refractivity contribution in [2.24, 2.45) is 5.73 Å². The van der Waals surface area contributed by atoms with Gasteiger partial charge < -0.3 is 20.1 Å². The molecule has 0 aromatic carbocycles. The van der Waals surface area contributed by atoms with Gasteiger partial charge in [-0.25, -0.2) is 4.57 Å². The van der Waals surface area contributed by atoms with Crippen molar-refractivity contribution in [3.05, 3.63) is 85.1 Å². The number of hydrogen-bond acceptors (Lipinski definition) is 8. The molecule has 0 saturated carbocycles. The molecule has 0 rings (SSSR count). The molecule has 0 radical (unpaired) electrons. The van der Waals surface area contributed by atoms with Crippen LogP contribution in [0.3, 0.4) is 0 Å². The molecule has 0 bridgehead atoms. The smallest absolute Gasteiger partial charge is 0.462 e. The molecule has 0 aromatic heterocycles. The minimum atomic E-state index is -4.40. The fourth-order valence-electron chi connectivity index (χ4n) is 5.18. The van der Waals surface area contributed by atoms with Gasteiger partial charge in [0, 0.05) is 19.4 Å². The van der Waals surface area contributed by atoms with Crippen LogP contribution in [0.2, 0.25) is 0 Å². The summed E-state index contributed by atoms with van der Waals surface area (Å²) < 4.78 is 32.6. The highest BCUT2D eigenvalue weighted by atomic mass is 31.2. The van der Waals surface area contributed by atoms with E-state index in [-0.39, 0.29) is 32.6 Å². The van der Waals surface area contributed by atoms with Gasteiger partial charge in [-0.3, -0.25) is 18.6 Å². The van der Waals surface area contributed by atoms with Crippen LogP contribution in [0, 0.1) is 0 Å². The van der Waals surface area contributed by atoms with Crippen LogP contribution in [0.1, 0.15) is 155 Å². The number of nitrogens with two attached hydrogens (primary N) is 1. The SMILES string of the molecule is CCC=CCC=CCC=CCC=CCC=CCC=CCCC(=O)OCC(COP(=O)(O)OCCN)OC(=O)CCCCCCCC=CCCCCCCCC. The normalized spacial score (nSPS) is 14.2. The van der Waals surface area contributed by atoms with Crippen LogP contribution >= 0.6 is 7.82 Å². The first kappa shape index (κ1) is 52.2. The molecular formula is C45H76NO8P. The Balaban J connectivity index is 4.33. The Kier molecular flexibility index (Phi) is 38.8. The minimum Gasteiger partial charge on any atom is -0.462 e. The van der Waals surface area contributed by atoms with E-state index >= 15 is 0 Å². The van der Waals surface area contributed by atoms with E-state index in [9.17, 15) is 19.0 Å². The van der Waals surface area contributed by atoms with Gasteiger partial charge in [0.15, 0.2) is 6.10 Å².